The minimum atomic E-state index is -0.673. The first-order chi connectivity index (χ1) is 8.74. The number of imidazole rings is 1. The molecule has 3 rings (SSSR count). The molecule has 1 unspecified atom stereocenters. The zero-order valence-corrected chi connectivity index (χ0v) is 9.93. The number of rotatable bonds is 3. The highest BCUT2D eigenvalue weighted by Gasteiger charge is 2.15. The van der Waals surface area contributed by atoms with E-state index < -0.39 is 6.10 Å². The topological polar surface area (TPSA) is 68.2 Å². The van der Waals surface area contributed by atoms with Crippen molar-refractivity contribution >= 4 is 5.65 Å². The van der Waals surface area contributed by atoms with E-state index in [-0.39, 0.29) is 0 Å². The third-order valence-electron chi connectivity index (χ3n) is 2.91. The number of hydrogen-bond acceptors (Lipinski definition) is 4. The fourth-order valence-corrected chi connectivity index (χ4v) is 1.90. The van der Waals surface area contributed by atoms with E-state index in [1.54, 1.807) is 11.7 Å². The second kappa shape index (κ2) is 4.23. The van der Waals surface area contributed by atoms with Crippen molar-refractivity contribution in [1.82, 2.24) is 24.1 Å². The van der Waals surface area contributed by atoms with Crippen molar-refractivity contribution < 1.29 is 5.11 Å². The van der Waals surface area contributed by atoms with Crippen molar-refractivity contribution in [2.24, 2.45) is 7.05 Å². The average Bonchev–Trinajstić information content (AvgIpc) is 2.96. The van der Waals surface area contributed by atoms with Crippen LogP contribution in [0.25, 0.3) is 5.65 Å². The number of aliphatic hydroxyl groups is 1. The minimum Gasteiger partial charge on any atom is -0.386 e. The molecule has 3 heterocycles. The van der Waals surface area contributed by atoms with Crippen molar-refractivity contribution in [2.45, 2.75) is 12.5 Å². The number of aryl methyl sites for hydroxylation is 1. The Balaban J connectivity index is 1.88. The van der Waals surface area contributed by atoms with Crippen molar-refractivity contribution in [3.63, 3.8) is 0 Å². The zero-order chi connectivity index (χ0) is 12.5. The van der Waals surface area contributed by atoms with Gasteiger partial charge in [-0.25, -0.2) is 9.97 Å². The number of aliphatic hydroxyl groups excluding tert-OH is 1. The highest BCUT2D eigenvalue weighted by molar-refractivity contribution is 5.39. The largest absolute Gasteiger partial charge is 0.386 e. The van der Waals surface area contributed by atoms with Gasteiger partial charge in [0.25, 0.3) is 0 Å². The minimum absolute atomic E-state index is 0.403. The van der Waals surface area contributed by atoms with Gasteiger partial charge in [-0.1, -0.05) is 6.07 Å². The molecule has 6 heteroatoms. The lowest BCUT2D eigenvalue weighted by Gasteiger charge is -2.06. The van der Waals surface area contributed by atoms with Crippen LogP contribution in [0.4, 0.5) is 0 Å². The predicted octanol–water partition coefficient (Wildman–Crippen LogP) is 0.739. The molecule has 0 bridgehead atoms. The molecule has 18 heavy (non-hydrogen) atoms. The van der Waals surface area contributed by atoms with Crippen LogP contribution in [0.2, 0.25) is 0 Å². The number of aromatic nitrogens is 5. The Morgan fingerprint density at radius 2 is 2.28 bits per heavy atom. The smallest absolute Gasteiger partial charge is 0.138 e. The number of pyridine rings is 1. The monoisotopic (exact) mass is 243 g/mol. The van der Waals surface area contributed by atoms with Crippen LogP contribution < -0.4 is 0 Å². The standard InChI is InChI=1S/C12H13N5O/c1-16-12(13-8-14-16)6-10(18)9-7-17-5-3-2-4-11(17)15-9/h2-5,7-8,10,18H,6H2,1H3. The Hall–Kier alpha value is -2.21. The maximum Gasteiger partial charge on any atom is 0.138 e. The first-order valence-electron chi connectivity index (χ1n) is 5.68. The van der Waals surface area contributed by atoms with Crippen molar-refractivity contribution in [1.29, 1.82) is 0 Å². The van der Waals surface area contributed by atoms with Crippen LogP contribution in [-0.4, -0.2) is 29.3 Å². The molecule has 0 aliphatic carbocycles. The summed E-state index contributed by atoms with van der Waals surface area (Å²) >= 11 is 0. The lowest BCUT2D eigenvalue weighted by atomic mass is 10.2. The Labute approximate surface area is 104 Å². The molecule has 0 aliphatic rings. The van der Waals surface area contributed by atoms with Gasteiger partial charge in [0, 0.05) is 25.9 Å². The summed E-state index contributed by atoms with van der Waals surface area (Å²) in [5.41, 5.74) is 1.47. The summed E-state index contributed by atoms with van der Waals surface area (Å²) in [6.45, 7) is 0. The van der Waals surface area contributed by atoms with Crippen LogP contribution in [-0.2, 0) is 13.5 Å². The van der Waals surface area contributed by atoms with Gasteiger partial charge in [-0.05, 0) is 12.1 Å². The first-order valence-corrected chi connectivity index (χ1v) is 5.68. The van der Waals surface area contributed by atoms with Crippen LogP contribution >= 0.6 is 0 Å². The molecule has 0 amide bonds. The molecular weight excluding hydrogens is 230 g/mol. The van der Waals surface area contributed by atoms with Gasteiger partial charge in [0.1, 0.15) is 23.9 Å². The van der Waals surface area contributed by atoms with Crippen LogP contribution in [0, 0.1) is 0 Å². The van der Waals surface area contributed by atoms with Gasteiger partial charge in [-0.3, -0.25) is 4.68 Å². The highest BCUT2D eigenvalue weighted by Crippen LogP contribution is 2.16. The molecule has 92 valence electrons. The summed E-state index contributed by atoms with van der Waals surface area (Å²) in [6.07, 6.45) is 4.94. The highest BCUT2D eigenvalue weighted by atomic mass is 16.3. The molecule has 3 aromatic heterocycles. The van der Waals surface area contributed by atoms with Crippen LogP contribution in [0.5, 0.6) is 0 Å². The normalized spacial score (nSPS) is 13.0. The van der Waals surface area contributed by atoms with Gasteiger partial charge in [0.05, 0.1) is 5.69 Å². The van der Waals surface area contributed by atoms with Crippen LogP contribution in [0.15, 0.2) is 36.9 Å². The van der Waals surface area contributed by atoms with Gasteiger partial charge >= 0.3 is 0 Å². The molecule has 0 aromatic carbocycles. The molecule has 6 nitrogen and oxygen atoms in total. The Morgan fingerprint density at radius 1 is 1.39 bits per heavy atom. The summed E-state index contributed by atoms with van der Waals surface area (Å²) in [6, 6.07) is 5.74. The van der Waals surface area contributed by atoms with E-state index in [9.17, 15) is 5.11 Å². The molecule has 1 atom stereocenters. The van der Waals surface area contributed by atoms with E-state index in [1.807, 2.05) is 35.0 Å². The first kappa shape index (κ1) is 10.9. The number of nitrogens with zero attached hydrogens (tertiary/aromatic N) is 5. The zero-order valence-electron chi connectivity index (χ0n) is 9.93. The van der Waals surface area contributed by atoms with Crippen LogP contribution in [0.1, 0.15) is 17.6 Å². The van der Waals surface area contributed by atoms with E-state index in [2.05, 4.69) is 15.1 Å². The van der Waals surface area contributed by atoms with Crippen molar-refractivity contribution in [2.75, 3.05) is 0 Å². The second-order valence-electron chi connectivity index (χ2n) is 4.15. The van der Waals surface area contributed by atoms with E-state index in [4.69, 9.17) is 0 Å². The molecule has 3 aromatic rings. The molecule has 0 saturated heterocycles. The number of fused-ring (bicyclic) bond motifs is 1. The second-order valence-corrected chi connectivity index (χ2v) is 4.15. The van der Waals surface area contributed by atoms with Crippen molar-refractivity contribution in [3.05, 3.63) is 48.4 Å². The third-order valence-corrected chi connectivity index (χ3v) is 2.91. The quantitative estimate of drug-likeness (QED) is 0.736. The molecule has 0 spiro atoms. The van der Waals surface area contributed by atoms with Gasteiger partial charge < -0.3 is 9.51 Å². The number of hydrogen-bond donors (Lipinski definition) is 1. The Kier molecular flexibility index (Phi) is 2.56. The summed E-state index contributed by atoms with van der Waals surface area (Å²) in [4.78, 5) is 8.47. The fourth-order valence-electron chi connectivity index (χ4n) is 1.90. The molecule has 0 radical (unpaired) electrons. The maximum atomic E-state index is 10.2. The lowest BCUT2D eigenvalue weighted by molar-refractivity contribution is 0.170. The van der Waals surface area contributed by atoms with Gasteiger partial charge in [0.2, 0.25) is 0 Å². The molecule has 0 saturated carbocycles. The van der Waals surface area contributed by atoms with Crippen LogP contribution in [0.3, 0.4) is 0 Å². The van der Waals surface area contributed by atoms with Gasteiger partial charge in [-0.2, -0.15) is 5.10 Å². The summed E-state index contributed by atoms with van der Waals surface area (Å²) in [5.74, 6) is 0.736. The average molecular weight is 243 g/mol. The lowest BCUT2D eigenvalue weighted by Crippen LogP contribution is -2.07. The van der Waals surface area contributed by atoms with E-state index in [1.165, 1.54) is 6.33 Å². The van der Waals surface area contributed by atoms with E-state index >= 15 is 0 Å². The van der Waals surface area contributed by atoms with E-state index in [0.29, 0.717) is 12.1 Å². The predicted molar refractivity (Wildman–Crippen MR) is 64.9 cm³/mol. The molecule has 1 N–H and O–H groups in total. The van der Waals surface area contributed by atoms with Gasteiger partial charge in [-0.15, -0.1) is 0 Å². The summed E-state index contributed by atoms with van der Waals surface area (Å²) in [5, 5.41) is 14.1. The Bertz CT molecular complexity index is 639. The Morgan fingerprint density at radius 3 is 3.00 bits per heavy atom. The molecule has 0 fully saturated rings. The van der Waals surface area contributed by atoms with Crippen molar-refractivity contribution in [3.8, 4) is 0 Å². The third kappa shape index (κ3) is 1.86. The maximum absolute atomic E-state index is 10.2. The van der Waals surface area contributed by atoms with E-state index in [0.717, 1.165) is 11.5 Å². The summed E-state index contributed by atoms with van der Waals surface area (Å²) in [7, 11) is 1.80. The molecule has 0 aliphatic heterocycles. The SMILES string of the molecule is Cn1ncnc1CC(O)c1cn2ccccc2n1. The molecular formula is C12H13N5O. The summed E-state index contributed by atoms with van der Waals surface area (Å²) < 4.78 is 3.54. The fraction of sp³-hybridized carbons (Fsp3) is 0.250. The van der Waals surface area contributed by atoms with Gasteiger partial charge in [0.15, 0.2) is 0 Å².